The number of fused-ring (bicyclic) bond motifs is 1. The van der Waals surface area contributed by atoms with E-state index in [-0.39, 0.29) is 6.54 Å². The van der Waals surface area contributed by atoms with Gasteiger partial charge < -0.3 is 14.8 Å². The van der Waals surface area contributed by atoms with E-state index in [1.165, 1.54) is 0 Å². The summed E-state index contributed by atoms with van der Waals surface area (Å²) in [4.78, 5) is 9.07. The zero-order chi connectivity index (χ0) is 15.7. The fourth-order valence-corrected chi connectivity index (χ4v) is 2.62. The van der Waals surface area contributed by atoms with Crippen molar-refractivity contribution in [3.05, 3.63) is 17.8 Å². The Morgan fingerprint density at radius 3 is 2.23 bits per heavy atom. The van der Waals surface area contributed by atoms with Crippen LogP contribution in [-0.2, 0) is 0 Å². The molecule has 1 aromatic carbocycles. The molecule has 5 nitrogen and oxygen atoms in total. The van der Waals surface area contributed by atoms with Crippen molar-refractivity contribution in [3.8, 4) is 11.5 Å². The van der Waals surface area contributed by atoms with E-state index in [1.54, 1.807) is 26.4 Å². The molecular weight excluding hydrogens is 285 g/mol. The Kier molecular flexibility index (Phi) is 3.76. The third-order valence-electron chi connectivity index (χ3n) is 4.17. The summed E-state index contributed by atoms with van der Waals surface area (Å²) in [5.41, 5.74) is 1.05. The average Bonchev–Trinajstić information content (AvgIpc) is 2.49. The molecule has 1 aliphatic carbocycles. The normalized spacial score (nSPS) is 16.2. The third kappa shape index (κ3) is 2.65. The molecule has 118 valence electrons. The molecular formula is C16H20FN3O2. The van der Waals surface area contributed by atoms with Crippen LogP contribution in [0.5, 0.6) is 11.5 Å². The second kappa shape index (κ2) is 5.59. The smallest absolute Gasteiger partial charge is 0.163 e. The molecule has 0 amide bonds. The highest BCUT2D eigenvalue weighted by molar-refractivity contribution is 5.80. The number of rotatable bonds is 5. The standard InChI is InChI=1S/C16H20FN3O2/c1-10-15(18-9-16(17)5-4-6-16)20-12-8-14(22-3)13(21-2)7-11(12)19-10/h7-8H,4-6,9H2,1-3H3,(H,18,20). The number of nitrogens with one attached hydrogen (secondary N) is 1. The van der Waals surface area contributed by atoms with Gasteiger partial charge in [-0.05, 0) is 26.2 Å². The topological polar surface area (TPSA) is 56.3 Å². The van der Waals surface area contributed by atoms with Gasteiger partial charge in [0.2, 0.25) is 0 Å². The summed E-state index contributed by atoms with van der Waals surface area (Å²) in [6.07, 6.45) is 2.19. The molecule has 3 rings (SSSR count). The third-order valence-corrected chi connectivity index (χ3v) is 4.17. The minimum absolute atomic E-state index is 0.279. The quantitative estimate of drug-likeness (QED) is 0.919. The van der Waals surface area contributed by atoms with Gasteiger partial charge in [-0.25, -0.2) is 14.4 Å². The summed E-state index contributed by atoms with van der Waals surface area (Å²) in [6, 6.07) is 3.57. The molecule has 1 aliphatic rings. The van der Waals surface area contributed by atoms with Crippen molar-refractivity contribution in [1.29, 1.82) is 0 Å². The van der Waals surface area contributed by atoms with Crippen LogP contribution in [0.25, 0.3) is 11.0 Å². The average molecular weight is 305 g/mol. The van der Waals surface area contributed by atoms with Gasteiger partial charge in [-0.3, -0.25) is 0 Å². The number of benzene rings is 1. The van der Waals surface area contributed by atoms with Crippen molar-refractivity contribution in [1.82, 2.24) is 9.97 Å². The maximum atomic E-state index is 14.1. The summed E-state index contributed by atoms with van der Waals surface area (Å²) >= 11 is 0. The maximum absolute atomic E-state index is 14.1. The van der Waals surface area contributed by atoms with Crippen LogP contribution >= 0.6 is 0 Å². The highest BCUT2D eigenvalue weighted by Gasteiger charge is 2.36. The van der Waals surface area contributed by atoms with Crippen LogP contribution in [0.1, 0.15) is 25.0 Å². The molecule has 0 unspecified atom stereocenters. The molecule has 0 aliphatic heterocycles. The Morgan fingerprint density at radius 1 is 1.14 bits per heavy atom. The van der Waals surface area contributed by atoms with E-state index < -0.39 is 5.67 Å². The molecule has 0 saturated heterocycles. The van der Waals surface area contributed by atoms with Crippen LogP contribution in [0.2, 0.25) is 0 Å². The Morgan fingerprint density at radius 2 is 1.73 bits per heavy atom. The molecule has 0 atom stereocenters. The minimum atomic E-state index is -1.10. The van der Waals surface area contributed by atoms with Crippen LogP contribution < -0.4 is 14.8 Å². The van der Waals surface area contributed by atoms with Crippen LogP contribution in [-0.4, -0.2) is 36.4 Å². The molecule has 0 spiro atoms. The zero-order valence-corrected chi connectivity index (χ0v) is 13.1. The first-order chi connectivity index (χ1) is 10.5. The molecule has 0 radical (unpaired) electrons. The first-order valence-corrected chi connectivity index (χ1v) is 7.38. The number of anilines is 1. The van der Waals surface area contributed by atoms with Gasteiger partial charge in [-0.15, -0.1) is 0 Å². The summed E-state index contributed by atoms with van der Waals surface area (Å²) in [5, 5.41) is 3.09. The Hall–Kier alpha value is -2.11. The fourth-order valence-electron chi connectivity index (χ4n) is 2.62. The van der Waals surface area contributed by atoms with Crippen molar-refractivity contribution in [3.63, 3.8) is 0 Å². The number of methoxy groups -OCH3 is 2. The van der Waals surface area contributed by atoms with Crippen molar-refractivity contribution < 1.29 is 13.9 Å². The predicted molar refractivity (Wildman–Crippen MR) is 83.6 cm³/mol. The molecule has 1 aromatic heterocycles. The van der Waals surface area contributed by atoms with Crippen LogP contribution in [0, 0.1) is 6.92 Å². The Labute approximate surface area is 128 Å². The second-order valence-electron chi connectivity index (χ2n) is 5.71. The summed E-state index contributed by atoms with van der Waals surface area (Å²) in [6.45, 7) is 2.14. The maximum Gasteiger partial charge on any atom is 0.163 e. The highest BCUT2D eigenvalue weighted by atomic mass is 19.1. The van der Waals surface area contributed by atoms with Crippen LogP contribution in [0.4, 0.5) is 10.2 Å². The number of alkyl halides is 1. The lowest BCUT2D eigenvalue weighted by molar-refractivity contribution is 0.0783. The molecule has 0 bridgehead atoms. The second-order valence-corrected chi connectivity index (χ2v) is 5.71. The summed E-state index contributed by atoms with van der Waals surface area (Å²) in [5.74, 6) is 1.82. The van der Waals surface area contributed by atoms with Gasteiger partial charge in [-0.2, -0.15) is 0 Å². The lowest BCUT2D eigenvalue weighted by Gasteiger charge is -2.34. The minimum Gasteiger partial charge on any atom is -0.493 e. The van der Waals surface area contributed by atoms with Crippen LogP contribution in [0.3, 0.4) is 0 Å². The molecule has 22 heavy (non-hydrogen) atoms. The Balaban J connectivity index is 1.92. The van der Waals surface area contributed by atoms with E-state index in [0.717, 1.165) is 17.6 Å². The van der Waals surface area contributed by atoms with Gasteiger partial charge in [0, 0.05) is 12.1 Å². The van der Waals surface area contributed by atoms with Gasteiger partial charge in [0.25, 0.3) is 0 Å². The predicted octanol–water partition coefficient (Wildman–Crippen LogP) is 3.26. The van der Waals surface area contributed by atoms with Crippen molar-refractivity contribution >= 4 is 16.9 Å². The van der Waals surface area contributed by atoms with E-state index in [1.807, 2.05) is 6.92 Å². The number of hydrogen-bond acceptors (Lipinski definition) is 5. The van der Waals surface area contributed by atoms with Gasteiger partial charge in [-0.1, -0.05) is 0 Å². The number of hydrogen-bond donors (Lipinski definition) is 1. The summed E-state index contributed by atoms with van der Waals surface area (Å²) in [7, 11) is 3.16. The summed E-state index contributed by atoms with van der Waals surface area (Å²) < 4.78 is 24.7. The zero-order valence-electron chi connectivity index (χ0n) is 13.1. The lowest BCUT2D eigenvalue weighted by Crippen LogP contribution is -2.39. The van der Waals surface area contributed by atoms with E-state index in [0.29, 0.717) is 35.7 Å². The van der Waals surface area contributed by atoms with Gasteiger partial charge in [0.1, 0.15) is 11.5 Å². The van der Waals surface area contributed by atoms with Gasteiger partial charge in [0.05, 0.1) is 37.5 Å². The molecule has 1 heterocycles. The van der Waals surface area contributed by atoms with E-state index in [2.05, 4.69) is 15.3 Å². The van der Waals surface area contributed by atoms with E-state index >= 15 is 0 Å². The van der Waals surface area contributed by atoms with Gasteiger partial charge >= 0.3 is 0 Å². The first kappa shape index (κ1) is 14.8. The monoisotopic (exact) mass is 305 g/mol. The molecule has 1 saturated carbocycles. The molecule has 1 fully saturated rings. The fraction of sp³-hybridized carbons (Fsp3) is 0.500. The van der Waals surface area contributed by atoms with Crippen molar-refractivity contribution in [2.45, 2.75) is 31.9 Å². The van der Waals surface area contributed by atoms with E-state index in [4.69, 9.17) is 9.47 Å². The van der Waals surface area contributed by atoms with E-state index in [9.17, 15) is 4.39 Å². The number of nitrogens with zero attached hydrogens (tertiary/aromatic N) is 2. The molecule has 1 N–H and O–H groups in total. The number of aryl methyl sites for hydroxylation is 1. The molecule has 2 aromatic rings. The Bertz CT molecular complexity index is 701. The number of ether oxygens (including phenoxy) is 2. The highest BCUT2D eigenvalue weighted by Crippen LogP contribution is 2.36. The van der Waals surface area contributed by atoms with Crippen molar-refractivity contribution in [2.75, 3.05) is 26.1 Å². The number of halogens is 1. The lowest BCUT2D eigenvalue weighted by atomic mass is 9.82. The SMILES string of the molecule is COc1cc2nc(C)c(NCC3(F)CCC3)nc2cc1OC. The molecule has 6 heteroatoms. The van der Waals surface area contributed by atoms with Crippen LogP contribution in [0.15, 0.2) is 12.1 Å². The van der Waals surface area contributed by atoms with Crippen molar-refractivity contribution in [2.24, 2.45) is 0 Å². The number of aromatic nitrogens is 2. The first-order valence-electron chi connectivity index (χ1n) is 7.38. The van der Waals surface area contributed by atoms with Gasteiger partial charge in [0.15, 0.2) is 11.5 Å². The largest absolute Gasteiger partial charge is 0.493 e.